The molecule has 0 saturated carbocycles. The van der Waals surface area contributed by atoms with Gasteiger partial charge >= 0.3 is 0 Å². The maximum Gasteiger partial charge on any atom is 0.223 e. The summed E-state index contributed by atoms with van der Waals surface area (Å²) < 4.78 is 5.63. The van der Waals surface area contributed by atoms with Crippen LogP contribution in [0.15, 0.2) is 18.2 Å². The van der Waals surface area contributed by atoms with Crippen LogP contribution in [0.1, 0.15) is 24.5 Å². The smallest absolute Gasteiger partial charge is 0.223 e. The second-order valence-corrected chi connectivity index (χ2v) is 4.47. The molecule has 1 aromatic carbocycles. The lowest BCUT2D eigenvalue weighted by molar-refractivity contribution is -0.122. The number of rotatable bonds is 6. The van der Waals surface area contributed by atoms with Crippen LogP contribution in [-0.2, 0) is 4.79 Å². The van der Waals surface area contributed by atoms with Gasteiger partial charge in [-0.15, -0.1) is 0 Å². The van der Waals surface area contributed by atoms with Crippen molar-refractivity contribution in [2.75, 3.05) is 13.2 Å². The van der Waals surface area contributed by atoms with Crippen LogP contribution < -0.4 is 10.1 Å². The van der Waals surface area contributed by atoms with Crippen LogP contribution in [0, 0.1) is 13.8 Å². The number of hydrogen-bond donors (Lipinski definition) is 2. The number of aryl methyl sites for hydroxylation is 2. The fourth-order valence-corrected chi connectivity index (χ4v) is 1.67. The molecule has 1 unspecified atom stereocenters. The number of carbonyl (C=O) groups is 1. The van der Waals surface area contributed by atoms with E-state index < -0.39 is 0 Å². The highest BCUT2D eigenvalue weighted by Crippen LogP contribution is 2.22. The van der Waals surface area contributed by atoms with Crippen molar-refractivity contribution in [1.29, 1.82) is 0 Å². The van der Waals surface area contributed by atoms with Crippen LogP contribution in [0.2, 0.25) is 0 Å². The molecule has 1 aromatic rings. The minimum absolute atomic E-state index is 0.0521. The van der Waals surface area contributed by atoms with E-state index in [9.17, 15) is 4.79 Å². The van der Waals surface area contributed by atoms with Gasteiger partial charge in [0.1, 0.15) is 5.75 Å². The van der Waals surface area contributed by atoms with Gasteiger partial charge in [-0.1, -0.05) is 18.2 Å². The highest BCUT2D eigenvalue weighted by Gasteiger charge is 2.07. The van der Waals surface area contributed by atoms with Gasteiger partial charge in [-0.25, -0.2) is 0 Å². The Balaban J connectivity index is 2.40. The lowest BCUT2D eigenvalue weighted by atomic mass is 10.1. The van der Waals surface area contributed by atoms with E-state index >= 15 is 0 Å². The Morgan fingerprint density at radius 1 is 1.39 bits per heavy atom. The van der Waals surface area contributed by atoms with Crippen LogP contribution in [0.25, 0.3) is 0 Å². The number of amides is 1. The summed E-state index contributed by atoms with van der Waals surface area (Å²) in [6.07, 6.45) is 0.290. The summed E-state index contributed by atoms with van der Waals surface area (Å²) in [4.78, 5) is 11.5. The van der Waals surface area contributed by atoms with Crippen molar-refractivity contribution >= 4 is 5.91 Å². The molecule has 4 heteroatoms. The molecular weight excluding hydrogens is 230 g/mol. The first kappa shape index (κ1) is 14.5. The zero-order valence-electron chi connectivity index (χ0n) is 11.2. The molecule has 0 spiro atoms. The average molecular weight is 251 g/mol. The van der Waals surface area contributed by atoms with Gasteiger partial charge in [-0.05, 0) is 31.9 Å². The van der Waals surface area contributed by atoms with E-state index in [0.29, 0.717) is 6.61 Å². The predicted molar refractivity (Wildman–Crippen MR) is 70.7 cm³/mol. The number of nitrogens with one attached hydrogen (secondary N) is 1. The Morgan fingerprint density at radius 2 is 2.00 bits per heavy atom. The van der Waals surface area contributed by atoms with Crippen molar-refractivity contribution in [2.45, 2.75) is 33.2 Å². The number of benzene rings is 1. The summed E-state index contributed by atoms with van der Waals surface area (Å²) in [5, 5.41) is 11.5. The van der Waals surface area contributed by atoms with E-state index in [1.165, 1.54) is 0 Å². The summed E-state index contributed by atoms with van der Waals surface area (Å²) in [5.41, 5.74) is 2.14. The molecule has 2 N–H and O–H groups in total. The summed E-state index contributed by atoms with van der Waals surface area (Å²) in [5.74, 6) is 0.739. The molecule has 0 radical (unpaired) electrons. The minimum Gasteiger partial charge on any atom is -0.493 e. The zero-order chi connectivity index (χ0) is 13.5. The third kappa shape index (κ3) is 4.37. The molecule has 0 saturated heterocycles. The Bertz CT molecular complexity index is 384. The van der Waals surface area contributed by atoms with Crippen molar-refractivity contribution in [3.8, 4) is 5.75 Å². The van der Waals surface area contributed by atoms with Crippen LogP contribution in [-0.4, -0.2) is 30.3 Å². The second-order valence-electron chi connectivity index (χ2n) is 4.47. The minimum atomic E-state index is -0.210. The van der Waals surface area contributed by atoms with Crippen LogP contribution >= 0.6 is 0 Å². The van der Waals surface area contributed by atoms with Gasteiger partial charge in [-0.2, -0.15) is 0 Å². The molecule has 1 amide bonds. The lowest BCUT2D eigenvalue weighted by Gasteiger charge is -2.13. The average Bonchev–Trinajstić information content (AvgIpc) is 2.32. The molecule has 0 aliphatic carbocycles. The molecule has 4 nitrogen and oxygen atoms in total. The Morgan fingerprint density at radius 3 is 2.56 bits per heavy atom. The summed E-state index contributed by atoms with van der Waals surface area (Å²) in [6.45, 7) is 6.01. The number of hydrogen-bond acceptors (Lipinski definition) is 3. The van der Waals surface area contributed by atoms with Crippen molar-refractivity contribution in [1.82, 2.24) is 5.32 Å². The summed E-state index contributed by atoms with van der Waals surface area (Å²) in [7, 11) is 0. The van der Waals surface area contributed by atoms with E-state index in [-0.39, 0.29) is 25.0 Å². The second kappa shape index (κ2) is 7.01. The van der Waals surface area contributed by atoms with Crippen molar-refractivity contribution in [3.63, 3.8) is 0 Å². The highest BCUT2D eigenvalue weighted by atomic mass is 16.5. The summed E-state index contributed by atoms with van der Waals surface area (Å²) >= 11 is 0. The van der Waals surface area contributed by atoms with E-state index in [2.05, 4.69) is 5.32 Å². The molecule has 100 valence electrons. The van der Waals surface area contributed by atoms with E-state index in [1.54, 1.807) is 6.92 Å². The van der Waals surface area contributed by atoms with Gasteiger partial charge < -0.3 is 15.2 Å². The quantitative estimate of drug-likeness (QED) is 0.807. The van der Waals surface area contributed by atoms with Gasteiger partial charge in [-0.3, -0.25) is 4.79 Å². The maximum absolute atomic E-state index is 11.5. The Labute approximate surface area is 108 Å². The predicted octanol–water partition coefficient (Wildman–Crippen LogP) is 1.57. The Hall–Kier alpha value is -1.55. The third-order valence-corrected chi connectivity index (χ3v) is 2.67. The van der Waals surface area contributed by atoms with Crippen molar-refractivity contribution in [2.24, 2.45) is 0 Å². The third-order valence-electron chi connectivity index (χ3n) is 2.67. The van der Waals surface area contributed by atoms with Gasteiger partial charge in [0.25, 0.3) is 0 Å². The molecule has 0 bridgehead atoms. The fourth-order valence-electron chi connectivity index (χ4n) is 1.67. The highest BCUT2D eigenvalue weighted by molar-refractivity contribution is 5.76. The van der Waals surface area contributed by atoms with Crippen LogP contribution in [0.3, 0.4) is 0 Å². The van der Waals surface area contributed by atoms with Crippen molar-refractivity contribution in [3.05, 3.63) is 29.3 Å². The fraction of sp³-hybridized carbons (Fsp3) is 0.500. The van der Waals surface area contributed by atoms with Gasteiger partial charge in [0.2, 0.25) is 5.91 Å². The van der Waals surface area contributed by atoms with E-state index in [0.717, 1.165) is 16.9 Å². The van der Waals surface area contributed by atoms with Crippen LogP contribution in [0.5, 0.6) is 5.75 Å². The molecular formula is C14H21NO3. The number of aliphatic hydroxyl groups is 1. The molecule has 1 rings (SSSR count). The molecule has 0 aromatic heterocycles. The number of carbonyl (C=O) groups excluding carboxylic acids is 1. The number of aliphatic hydroxyl groups excluding tert-OH is 1. The Kier molecular flexibility index (Phi) is 5.65. The SMILES string of the molecule is Cc1cccc(C)c1OCCC(=O)NC(C)CO. The molecule has 1 atom stereocenters. The van der Waals surface area contributed by atoms with E-state index in [4.69, 9.17) is 9.84 Å². The molecule has 0 aliphatic heterocycles. The monoisotopic (exact) mass is 251 g/mol. The lowest BCUT2D eigenvalue weighted by Crippen LogP contribution is -2.35. The standard InChI is InChI=1S/C14H21NO3/c1-10-5-4-6-11(2)14(10)18-8-7-13(17)15-12(3)9-16/h4-6,12,16H,7-9H2,1-3H3,(H,15,17). The molecule has 0 heterocycles. The first-order chi connectivity index (χ1) is 8.54. The molecule has 18 heavy (non-hydrogen) atoms. The number of ether oxygens (including phenoxy) is 1. The van der Waals surface area contributed by atoms with Crippen LogP contribution in [0.4, 0.5) is 0 Å². The van der Waals surface area contributed by atoms with E-state index in [1.807, 2.05) is 32.0 Å². The first-order valence-electron chi connectivity index (χ1n) is 6.13. The van der Waals surface area contributed by atoms with Gasteiger partial charge in [0, 0.05) is 6.04 Å². The van der Waals surface area contributed by atoms with Gasteiger partial charge in [0.15, 0.2) is 0 Å². The summed E-state index contributed by atoms with van der Waals surface area (Å²) in [6, 6.07) is 5.73. The molecule has 0 aliphatic rings. The first-order valence-corrected chi connectivity index (χ1v) is 6.13. The largest absolute Gasteiger partial charge is 0.493 e. The van der Waals surface area contributed by atoms with Crippen molar-refractivity contribution < 1.29 is 14.6 Å². The maximum atomic E-state index is 11.5. The van der Waals surface area contributed by atoms with Gasteiger partial charge in [0.05, 0.1) is 19.6 Å². The zero-order valence-corrected chi connectivity index (χ0v) is 11.2. The topological polar surface area (TPSA) is 58.6 Å². The normalized spacial score (nSPS) is 12.0. The molecule has 0 fully saturated rings. The number of para-hydroxylation sites is 1.